The summed E-state index contributed by atoms with van der Waals surface area (Å²) >= 11 is 0. The van der Waals surface area contributed by atoms with Crippen molar-refractivity contribution in [1.82, 2.24) is 24.5 Å². The second-order valence-corrected chi connectivity index (χ2v) is 5.75. The first-order valence-electron chi connectivity index (χ1n) is 7.99. The number of aromatic nitrogens is 5. The van der Waals surface area contributed by atoms with Gasteiger partial charge in [0.1, 0.15) is 11.5 Å². The van der Waals surface area contributed by atoms with Gasteiger partial charge in [-0.1, -0.05) is 6.07 Å². The molecule has 2 heterocycles. The Bertz CT molecular complexity index is 934. The van der Waals surface area contributed by atoms with Gasteiger partial charge in [-0.15, -0.1) is 0 Å². The lowest BCUT2D eigenvalue weighted by Gasteiger charge is -2.11. The summed E-state index contributed by atoms with van der Waals surface area (Å²) in [6.45, 7) is 3.73. The molecule has 3 N–H and O–H groups in total. The lowest BCUT2D eigenvalue weighted by atomic mass is 10.3. The number of nitrogens with zero attached hydrogens (tertiary/aromatic N) is 5. The molecule has 0 aliphatic heterocycles. The highest BCUT2D eigenvalue weighted by Crippen LogP contribution is 2.24. The molecule has 3 aromatic rings. The third-order valence-electron chi connectivity index (χ3n) is 3.42. The number of benzene rings is 1. The van der Waals surface area contributed by atoms with Crippen LogP contribution in [0.3, 0.4) is 0 Å². The topological polar surface area (TPSA) is 129 Å². The molecule has 1 amide bonds. The molecule has 142 valence electrons. The first kappa shape index (κ1) is 19.8. The zero-order chi connectivity index (χ0) is 20.0. The Morgan fingerprint density at radius 2 is 2.07 bits per heavy atom. The Hall–Kier alpha value is -3.56. The van der Waals surface area contributed by atoms with Crippen molar-refractivity contribution < 1.29 is 19.1 Å². The average Bonchev–Trinajstić information content (AvgIpc) is 3.21. The van der Waals surface area contributed by atoms with Crippen LogP contribution in [0.2, 0.25) is 0 Å². The molecule has 0 saturated heterocycles. The van der Waals surface area contributed by atoms with Crippen molar-refractivity contribution in [3.63, 3.8) is 0 Å². The molecule has 0 radical (unpaired) electrons. The molecule has 0 saturated carbocycles. The number of halogens is 1. The second kappa shape index (κ2) is 8.70. The standard InChI is InChI=1S/C16H17FN6O.CH2O2/c1-10(2)22-13(6-7-19-22)16-20-15(9-14(18)24)21-23(16)12-5-3-4-11(17)8-12;2-1-3/h3-8,10H,9H2,1-2H3,(H2,18,24);1H,(H,2,3). The highest BCUT2D eigenvalue weighted by molar-refractivity contribution is 5.75. The summed E-state index contributed by atoms with van der Waals surface area (Å²) in [7, 11) is 0. The van der Waals surface area contributed by atoms with Gasteiger partial charge in [0.2, 0.25) is 5.91 Å². The van der Waals surface area contributed by atoms with Gasteiger partial charge in [0.05, 0.1) is 12.1 Å². The van der Waals surface area contributed by atoms with Gasteiger partial charge >= 0.3 is 0 Å². The van der Waals surface area contributed by atoms with Gasteiger partial charge in [-0.3, -0.25) is 14.3 Å². The van der Waals surface area contributed by atoms with Gasteiger partial charge in [-0.2, -0.15) is 10.2 Å². The smallest absolute Gasteiger partial charge is 0.290 e. The van der Waals surface area contributed by atoms with Crippen LogP contribution in [0.5, 0.6) is 0 Å². The molecule has 0 atom stereocenters. The SMILES string of the molecule is CC(C)n1nccc1-c1nc(CC(N)=O)nn1-c1cccc(F)c1.O=CO. The van der Waals surface area contributed by atoms with Crippen LogP contribution >= 0.6 is 0 Å². The van der Waals surface area contributed by atoms with Crippen molar-refractivity contribution >= 4 is 12.4 Å². The van der Waals surface area contributed by atoms with Gasteiger partial charge < -0.3 is 10.8 Å². The third kappa shape index (κ3) is 4.75. The van der Waals surface area contributed by atoms with E-state index >= 15 is 0 Å². The molecule has 0 aliphatic carbocycles. The van der Waals surface area contributed by atoms with E-state index in [1.807, 2.05) is 13.8 Å². The average molecular weight is 374 g/mol. The van der Waals surface area contributed by atoms with Crippen LogP contribution in [0.25, 0.3) is 17.2 Å². The maximum Gasteiger partial charge on any atom is 0.290 e. The van der Waals surface area contributed by atoms with Gasteiger partial charge in [-0.05, 0) is 38.1 Å². The van der Waals surface area contributed by atoms with Crippen LogP contribution in [-0.2, 0) is 16.0 Å². The van der Waals surface area contributed by atoms with E-state index in [1.165, 1.54) is 16.8 Å². The lowest BCUT2D eigenvalue weighted by molar-refractivity contribution is -0.123. The van der Waals surface area contributed by atoms with Crippen LogP contribution in [-0.4, -0.2) is 42.0 Å². The van der Waals surface area contributed by atoms with Crippen molar-refractivity contribution in [2.24, 2.45) is 5.73 Å². The van der Waals surface area contributed by atoms with E-state index in [0.717, 1.165) is 5.69 Å². The van der Waals surface area contributed by atoms with Crippen LogP contribution in [0.1, 0.15) is 25.7 Å². The summed E-state index contributed by atoms with van der Waals surface area (Å²) in [5, 5.41) is 15.5. The molecule has 10 heteroatoms. The predicted molar refractivity (Wildman–Crippen MR) is 94.5 cm³/mol. The molecule has 1 aromatic carbocycles. The van der Waals surface area contributed by atoms with Crippen molar-refractivity contribution in [1.29, 1.82) is 0 Å². The Morgan fingerprint density at radius 1 is 1.37 bits per heavy atom. The number of carbonyl (C=O) groups excluding carboxylic acids is 1. The molecule has 3 rings (SSSR count). The number of primary amides is 1. The van der Waals surface area contributed by atoms with E-state index < -0.39 is 5.91 Å². The highest BCUT2D eigenvalue weighted by Gasteiger charge is 2.19. The molecule has 9 nitrogen and oxygen atoms in total. The largest absolute Gasteiger partial charge is 0.483 e. The molecule has 2 aromatic heterocycles. The lowest BCUT2D eigenvalue weighted by Crippen LogP contribution is -2.14. The maximum absolute atomic E-state index is 13.6. The molecule has 0 bridgehead atoms. The zero-order valence-corrected chi connectivity index (χ0v) is 14.8. The molecular weight excluding hydrogens is 355 g/mol. The van der Waals surface area contributed by atoms with Crippen LogP contribution in [0.4, 0.5) is 4.39 Å². The minimum atomic E-state index is -0.532. The van der Waals surface area contributed by atoms with Gasteiger partial charge in [0.15, 0.2) is 11.6 Å². The van der Waals surface area contributed by atoms with Gasteiger partial charge in [0, 0.05) is 12.2 Å². The first-order valence-corrected chi connectivity index (χ1v) is 7.99. The third-order valence-corrected chi connectivity index (χ3v) is 3.42. The number of carbonyl (C=O) groups is 2. The quantitative estimate of drug-likeness (QED) is 0.652. The van der Waals surface area contributed by atoms with E-state index in [-0.39, 0.29) is 30.6 Å². The van der Waals surface area contributed by atoms with E-state index in [9.17, 15) is 9.18 Å². The molecule has 27 heavy (non-hydrogen) atoms. The summed E-state index contributed by atoms with van der Waals surface area (Å²) in [6, 6.07) is 7.90. The van der Waals surface area contributed by atoms with Crippen molar-refractivity contribution in [3.05, 3.63) is 48.2 Å². The zero-order valence-electron chi connectivity index (χ0n) is 14.8. The minimum absolute atomic E-state index is 0.0921. The highest BCUT2D eigenvalue weighted by atomic mass is 19.1. The van der Waals surface area contributed by atoms with E-state index in [4.69, 9.17) is 15.6 Å². The number of hydrogen-bond acceptors (Lipinski definition) is 5. The number of nitrogens with two attached hydrogens (primary N) is 1. The minimum Gasteiger partial charge on any atom is -0.483 e. The Balaban J connectivity index is 0.000000817. The van der Waals surface area contributed by atoms with Crippen molar-refractivity contribution in [2.45, 2.75) is 26.3 Å². The maximum atomic E-state index is 13.6. The molecule has 0 aliphatic rings. The van der Waals surface area contributed by atoms with Gasteiger partial charge in [0.25, 0.3) is 6.47 Å². The normalized spacial score (nSPS) is 10.4. The summed E-state index contributed by atoms with van der Waals surface area (Å²) in [5.74, 6) is -0.167. The molecule has 0 fully saturated rings. The number of hydrogen-bond donors (Lipinski definition) is 2. The summed E-state index contributed by atoms with van der Waals surface area (Å²) < 4.78 is 16.9. The fraction of sp³-hybridized carbons (Fsp3) is 0.235. The first-order chi connectivity index (χ1) is 12.9. The van der Waals surface area contributed by atoms with Gasteiger partial charge in [-0.25, -0.2) is 14.1 Å². The number of amides is 1. The molecule has 0 spiro atoms. The summed E-state index contributed by atoms with van der Waals surface area (Å²) in [6.07, 6.45) is 1.57. The van der Waals surface area contributed by atoms with E-state index in [2.05, 4.69) is 15.2 Å². The Kier molecular flexibility index (Phi) is 6.36. The fourth-order valence-electron chi connectivity index (χ4n) is 2.44. The van der Waals surface area contributed by atoms with E-state index in [0.29, 0.717) is 11.5 Å². The van der Waals surface area contributed by atoms with Crippen LogP contribution in [0, 0.1) is 5.82 Å². The fourth-order valence-corrected chi connectivity index (χ4v) is 2.44. The number of carboxylic acid groups (broad SMARTS) is 1. The Labute approximate surface area is 154 Å². The van der Waals surface area contributed by atoms with Crippen LogP contribution in [0.15, 0.2) is 36.5 Å². The second-order valence-electron chi connectivity index (χ2n) is 5.75. The Morgan fingerprint density at radius 3 is 2.67 bits per heavy atom. The molecular formula is C17H19FN6O3. The predicted octanol–water partition coefficient (Wildman–Crippen LogP) is 1.58. The summed E-state index contributed by atoms with van der Waals surface area (Å²) in [4.78, 5) is 24.0. The summed E-state index contributed by atoms with van der Waals surface area (Å²) in [5.41, 5.74) is 6.46. The van der Waals surface area contributed by atoms with Crippen molar-refractivity contribution in [3.8, 4) is 17.2 Å². The van der Waals surface area contributed by atoms with Crippen molar-refractivity contribution in [2.75, 3.05) is 0 Å². The number of rotatable bonds is 5. The van der Waals surface area contributed by atoms with Crippen LogP contribution < -0.4 is 5.73 Å². The van der Waals surface area contributed by atoms with E-state index in [1.54, 1.807) is 29.1 Å². The monoisotopic (exact) mass is 374 g/mol. The molecule has 0 unspecified atom stereocenters.